The number of benzene rings is 2. The third-order valence-electron chi connectivity index (χ3n) is 4.90. The SMILES string of the molecule is CCN(C(=O)Cc1c(C)nn(-c2ccccc2)c1C)c1nc2ccccc2s1. The Labute approximate surface area is 168 Å². The number of hydrogen-bond acceptors (Lipinski definition) is 4. The van der Waals surface area contributed by atoms with Crippen molar-refractivity contribution in [2.45, 2.75) is 27.2 Å². The average molecular weight is 391 g/mol. The molecule has 1 amide bonds. The summed E-state index contributed by atoms with van der Waals surface area (Å²) >= 11 is 1.55. The number of likely N-dealkylation sites (N-methyl/N-ethyl adjacent to an activating group) is 1. The molecular weight excluding hydrogens is 368 g/mol. The van der Waals surface area contributed by atoms with E-state index in [1.54, 1.807) is 16.2 Å². The molecule has 2 heterocycles. The van der Waals surface area contributed by atoms with Crippen LogP contribution in [-0.4, -0.2) is 27.2 Å². The molecule has 4 rings (SSSR count). The monoisotopic (exact) mass is 390 g/mol. The maximum atomic E-state index is 13.1. The third-order valence-corrected chi connectivity index (χ3v) is 5.96. The first-order valence-corrected chi connectivity index (χ1v) is 10.2. The van der Waals surface area contributed by atoms with E-state index >= 15 is 0 Å². The largest absolute Gasteiger partial charge is 0.288 e. The van der Waals surface area contributed by atoms with E-state index in [4.69, 9.17) is 0 Å². The molecule has 0 aliphatic carbocycles. The van der Waals surface area contributed by atoms with Crippen molar-refractivity contribution in [3.63, 3.8) is 0 Å². The summed E-state index contributed by atoms with van der Waals surface area (Å²) in [6.07, 6.45) is 0.314. The lowest BCUT2D eigenvalue weighted by Crippen LogP contribution is -2.32. The highest BCUT2D eigenvalue weighted by molar-refractivity contribution is 7.22. The smallest absolute Gasteiger partial charge is 0.233 e. The summed E-state index contributed by atoms with van der Waals surface area (Å²) in [5.74, 6) is 0.0420. The van der Waals surface area contributed by atoms with Crippen molar-refractivity contribution in [3.8, 4) is 5.69 Å². The number of anilines is 1. The van der Waals surface area contributed by atoms with Crippen LogP contribution < -0.4 is 4.90 Å². The second kappa shape index (κ2) is 7.56. The van der Waals surface area contributed by atoms with Gasteiger partial charge in [0.2, 0.25) is 5.91 Å². The van der Waals surface area contributed by atoms with Crippen LogP contribution in [0.4, 0.5) is 5.13 Å². The molecule has 0 aliphatic heterocycles. The first kappa shape index (κ1) is 18.4. The molecule has 0 aliphatic rings. The van der Waals surface area contributed by atoms with Crippen molar-refractivity contribution in [2.75, 3.05) is 11.4 Å². The minimum Gasteiger partial charge on any atom is -0.288 e. The number of para-hydroxylation sites is 2. The summed E-state index contributed by atoms with van der Waals surface area (Å²) in [6, 6.07) is 18.0. The Morgan fingerprint density at radius 1 is 1.07 bits per heavy atom. The average Bonchev–Trinajstić information content (AvgIpc) is 3.25. The summed E-state index contributed by atoms with van der Waals surface area (Å²) < 4.78 is 3.00. The molecule has 0 saturated carbocycles. The van der Waals surface area contributed by atoms with E-state index in [2.05, 4.69) is 10.1 Å². The van der Waals surface area contributed by atoms with Gasteiger partial charge in [0.15, 0.2) is 5.13 Å². The minimum absolute atomic E-state index is 0.0420. The fourth-order valence-corrected chi connectivity index (χ4v) is 4.44. The van der Waals surface area contributed by atoms with Gasteiger partial charge < -0.3 is 0 Å². The van der Waals surface area contributed by atoms with Crippen LogP contribution in [0.15, 0.2) is 54.6 Å². The van der Waals surface area contributed by atoms with Gasteiger partial charge in [-0.1, -0.05) is 41.7 Å². The number of thiazole rings is 1. The molecule has 2 aromatic carbocycles. The van der Waals surface area contributed by atoms with E-state index in [1.165, 1.54) is 0 Å². The second-order valence-electron chi connectivity index (χ2n) is 6.68. The van der Waals surface area contributed by atoms with Crippen molar-refractivity contribution in [1.29, 1.82) is 0 Å². The van der Waals surface area contributed by atoms with E-state index in [-0.39, 0.29) is 5.91 Å². The Hall–Kier alpha value is -2.99. The maximum Gasteiger partial charge on any atom is 0.233 e. The van der Waals surface area contributed by atoms with Gasteiger partial charge in [0.05, 0.1) is 28.0 Å². The van der Waals surface area contributed by atoms with Crippen molar-refractivity contribution < 1.29 is 4.79 Å². The Bertz CT molecular complexity index is 1100. The maximum absolute atomic E-state index is 13.1. The fourth-order valence-electron chi connectivity index (χ4n) is 3.39. The molecule has 142 valence electrons. The number of amides is 1. The van der Waals surface area contributed by atoms with E-state index in [9.17, 15) is 4.79 Å². The summed E-state index contributed by atoms with van der Waals surface area (Å²) in [6.45, 7) is 6.55. The number of rotatable bonds is 5. The first-order chi connectivity index (χ1) is 13.6. The zero-order valence-electron chi connectivity index (χ0n) is 16.2. The zero-order chi connectivity index (χ0) is 19.7. The molecule has 5 nitrogen and oxygen atoms in total. The van der Waals surface area contributed by atoms with Crippen LogP contribution in [0, 0.1) is 13.8 Å². The highest BCUT2D eigenvalue weighted by atomic mass is 32.1. The van der Waals surface area contributed by atoms with Gasteiger partial charge in [-0.15, -0.1) is 0 Å². The predicted octanol–water partition coefficient (Wildman–Crippen LogP) is 4.69. The van der Waals surface area contributed by atoms with Gasteiger partial charge in [-0.25, -0.2) is 9.67 Å². The van der Waals surface area contributed by atoms with Gasteiger partial charge in [0.25, 0.3) is 0 Å². The van der Waals surface area contributed by atoms with E-state index < -0.39 is 0 Å². The highest BCUT2D eigenvalue weighted by Gasteiger charge is 2.22. The van der Waals surface area contributed by atoms with E-state index in [1.807, 2.05) is 80.1 Å². The summed E-state index contributed by atoms with van der Waals surface area (Å²) in [5.41, 5.74) is 4.79. The minimum atomic E-state index is 0.0420. The number of aryl methyl sites for hydroxylation is 1. The molecule has 0 bridgehead atoms. The quantitative estimate of drug-likeness (QED) is 0.496. The molecule has 2 aromatic heterocycles. The molecule has 0 fully saturated rings. The van der Waals surface area contributed by atoms with Gasteiger partial charge in [-0.3, -0.25) is 9.69 Å². The number of hydrogen-bond donors (Lipinski definition) is 0. The lowest BCUT2D eigenvalue weighted by Gasteiger charge is -2.17. The molecule has 0 atom stereocenters. The van der Waals surface area contributed by atoms with Crippen LogP contribution in [0.1, 0.15) is 23.9 Å². The lowest BCUT2D eigenvalue weighted by atomic mass is 10.1. The number of carbonyl (C=O) groups is 1. The Balaban J connectivity index is 1.63. The van der Waals surface area contributed by atoms with Crippen LogP contribution in [0.25, 0.3) is 15.9 Å². The number of fused-ring (bicyclic) bond motifs is 1. The van der Waals surface area contributed by atoms with Gasteiger partial charge in [0.1, 0.15) is 0 Å². The second-order valence-corrected chi connectivity index (χ2v) is 7.68. The third kappa shape index (κ3) is 3.31. The summed E-state index contributed by atoms with van der Waals surface area (Å²) in [7, 11) is 0. The number of nitrogens with zero attached hydrogens (tertiary/aromatic N) is 4. The molecule has 4 aromatic rings. The van der Waals surface area contributed by atoms with E-state index in [0.717, 1.165) is 38.0 Å². The van der Waals surface area contributed by atoms with Crippen LogP contribution in [0.3, 0.4) is 0 Å². The summed E-state index contributed by atoms with van der Waals surface area (Å²) in [5, 5.41) is 5.41. The van der Waals surface area contributed by atoms with Crippen molar-refractivity contribution in [2.24, 2.45) is 0 Å². The molecule has 0 spiro atoms. The Morgan fingerprint density at radius 3 is 2.50 bits per heavy atom. The molecule has 28 heavy (non-hydrogen) atoms. The van der Waals surface area contributed by atoms with Gasteiger partial charge in [0, 0.05) is 17.8 Å². The van der Waals surface area contributed by atoms with Crippen LogP contribution in [0.5, 0.6) is 0 Å². The Morgan fingerprint density at radius 2 is 1.79 bits per heavy atom. The summed E-state index contributed by atoms with van der Waals surface area (Å²) in [4.78, 5) is 19.5. The molecule has 0 unspecified atom stereocenters. The van der Waals surface area contributed by atoms with Crippen LogP contribution >= 0.6 is 11.3 Å². The molecule has 0 saturated heterocycles. The van der Waals surface area contributed by atoms with Crippen LogP contribution in [0.2, 0.25) is 0 Å². The standard InChI is InChI=1S/C22H22N4OS/c1-4-25(22-23-19-12-8-9-13-20(19)28-22)21(27)14-18-15(2)24-26(16(18)3)17-10-6-5-7-11-17/h5-13H,4,14H2,1-3H3. The lowest BCUT2D eigenvalue weighted by molar-refractivity contribution is -0.117. The zero-order valence-corrected chi connectivity index (χ0v) is 17.0. The van der Waals surface area contributed by atoms with E-state index in [0.29, 0.717) is 13.0 Å². The van der Waals surface area contributed by atoms with Gasteiger partial charge in [-0.2, -0.15) is 5.10 Å². The topological polar surface area (TPSA) is 51.0 Å². The normalized spacial score (nSPS) is 11.1. The predicted molar refractivity (Wildman–Crippen MR) is 114 cm³/mol. The van der Waals surface area contributed by atoms with Crippen molar-refractivity contribution in [3.05, 3.63) is 71.5 Å². The Kier molecular flexibility index (Phi) is 4.96. The van der Waals surface area contributed by atoms with Gasteiger partial charge >= 0.3 is 0 Å². The molecular formula is C22H22N4OS. The number of aromatic nitrogens is 3. The van der Waals surface area contributed by atoms with Gasteiger partial charge in [-0.05, 0) is 45.0 Å². The first-order valence-electron chi connectivity index (χ1n) is 9.35. The van der Waals surface area contributed by atoms with Crippen molar-refractivity contribution in [1.82, 2.24) is 14.8 Å². The fraction of sp³-hybridized carbons (Fsp3) is 0.227. The molecule has 0 N–H and O–H groups in total. The molecule has 6 heteroatoms. The number of carbonyl (C=O) groups excluding carboxylic acids is 1. The van der Waals surface area contributed by atoms with Crippen molar-refractivity contribution >= 4 is 32.6 Å². The molecule has 0 radical (unpaired) electrons. The van der Waals surface area contributed by atoms with Crippen LogP contribution in [-0.2, 0) is 11.2 Å². The highest BCUT2D eigenvalue weighted by Crippen LogP contribution is 2.29.